The first-order valence-electron chi connectivity index (χ1n) is 6.88. The maximum Gasteiger partial charge on any atom is 0.224 e. The number of hydrogen-bond acceptors (Lipinski definition) is 8. The van der Waals surface area contributed by atoms with Crippen LogP contribution in [0.3, 0.4) is 0 Å². The molecule has 0 aromatic heterocycles. The molecule has 0 aliphatic carbocycles. The first-order valence-corrected chi connectivity index (χ1v) is 14.3. The van der Waals surface area contributed by atoms with Crippen LogP contribution in [0.5, 0.6) is 0 Å². The van der Waals surface area contributed by atoms with Crippen LogP contribution >= 0.6 is 0 Å². The molecule has 0 aliphatic rings. The predicted molar refractivity (Wildman–Crippen MR) is 97.1 cm³/mol. The molecule has 1 aromatic carbocycles. The van der Waals surface area contributed by atoms with E-state index in [9.17, 15) is 33.7 Å². The van der Waals surface area contributed by atoms with Gasteiger partial charge in [-0.25, -0.2) is 33.7 Å². The summed E-state index contributed by atoms with van der Waals surface area (Å²) in [5.74, 6) is 0. The van der Waals surface area contributed by atoms with Gasteiger partial charge in [0.25, 0.3) is 0 Å². The van der Waals surface area contributed by atoms with Crippen LogP contribution in [0, 0.1) is 0 Å². The van der Waals surface area contributed by atoms with Gasteiger partial charge in [0.05, 0.1) is 37.6 Å². The molecule has 1 aromatic rings. The van der Waals surface area contributed by atoms with E-state index in [-0.39, 0.29) is 13.0 Å². The maximum absolute atomic E-state index is 12.1. The first kappa shape index (κ1) is 23.0. The lowest BCUT2D eigenvalue weighted by molar-refractivity contribution is 0.388. The molecule has 26 heavy (non-hydrogen) atoms. The third-order valence-corrected chi connectivity index (χ3v) is 10.00. The molecule has 0 saturated heterocycles. The van der Waals surface area contributed by atoms with E-state index in [1.807, 2.05) is 0 Å². The molecule has 1 atom stereocenters. The molecule has 0 aliphatic heterocycles. The fourth-order valence-corrected chi connectivity index (χ4v) is 8.40. The zero-order valence-electron chi connectivity index (χ0n) is 14.5. The minimum Gasteiger partial charge on any atom is -0.212 e. The van der Waals surface area contributed by atoms with Crippen molar-refractivity contribution in [1.29, 1.82) is 0 Å². The Morgan fingerprint density at radius 1 is 0.692 bits per heavy atom. The molecule has 14 heteroatoms. The van der Waals surface area contributed by atoms with Gasteiger partial charge in [-0.15, -0.1) is 0 Å². The summed E-state index contributed by atoms with van der Waals surface area (Å²) in [6.45, 7) is -0.929. The standard InChI is InChI=1S/C12H20N2O8S4/c1-23(15,16)13(24(2,17)18)10-12(11-8-6-5-7-9-11)14(25(3,19)20)26(4,21)22/h5-9,12H,10H2,1-4H3/t12-/m0/s1. The van der Waals surface area contributed by atoms with E-state index in [4.69, 9.17) is 0 Å². The lowest BCUT2D eigenvalue weighted by Gasteiger charge is -2.31. The van der Waals surface area contributed by atoms with E-state index >= 15 is 0 Å². The van der Waals surface area contributed by atoms with Crippen LogP contribution < -0.4 is 0 Å². The number of hydrogen-bond donors (Lipinski definition) is 0. The summed E-state index contributed by atoms with van der Waals surface area (Å²) < 4.78 is 96.2. The normalized spacial score (nSPS) is 15.3. The third-order valence-electron chi connectivity index (χ3n) is 3.15. The Kier molecular flexibility index (Phi) is 6.64. The van der Waals surface area contributed by atoms with Crippen molar-refractivity contribution >= 4 is 40.1 Å². The zero-order valence-corrected chi connectivity index (χ0v) is 17.7. The van der Waals surface area contributed by atoms with Crippen LogP contribution in [0.15, 0.2) is 30.3 Å². The van der Waals surface area contributed by atoms with Gasteiger partial charge in [-0.2, -0.15) is 0 Å². The van der Waals surface area contributed by atoms with Gasteiger partial charge in [0, 0.05) is 0 Å². The van der Waals surface area contributed by atoms with Crippen molar-refractivity contribution in [3.8, 4) is 0 Å². The zero-order chi connectivity index (χ0) is 20.6. The fraction of sp³-hybridized carbons (Fsp3) is 0.500. The summed E-state index contributed by atoms with van der Waals surface area (Å²) in [6, 6.07) is 5.68. The van der Waals surface area contributed by atoms with E-state index < -0.39 is 52.7 Å². The molecule has 0 bridgehead atoms. The minimum atomic E-state index is -4.38. The first-order chi connectivity index (χ1) is 11.5. The van der Waals surface area contributed by atoms with Crippen molar-refractivity contribution in [3.63, 3.8) is 0 Å². The van der Waals surface area contributed by atoms with E-state index in [1.54, 1.807) is 6.07 Å². The predicted octanol–water partition coefficient (Wildman–Crippen LogP) is -0.830. The van der Waals surface area contributed by atoms with Gasteiger partial charge in [-0.1, -0.05) is 37.8 Å². The van der Waals surface area contributed by atoms with Crippen LogP contribution in [0.25, 0.3) is 0 Å². The molecule has 1 rings (SSSR count). The van der Waals surface area contributed by atoms with E-state index in [2.05, 4.69) is 0 Å². The molecule has 0 fully saturated rings. The second-order valence-electron chi connectivity index (χ2n) is 5.66. The quantitative estimate of drug-likeness (QED) is 0.501. The van der Waals surface area contributed by atoms with Crippen LogP contribution in [0.4, 0.5) is 0 Å². The van der Waals surface area contributed by atoms with Crippen molar-refractivity contribution in [2.45, 2.75) is 6.04 Å². The van der Waals surface area contributed by atoms with Crippen LogP contribution in [-0.2, 0) is 40.1 Å². The maximum atomic E-state index is 12.1. The summed E-state index contributed by atoms with van der Waals surface area (Å²) in [5.41, 5.74) is 0.112. The summed E-state index contributed by atoms with van der Waals surface area (Å²) in [5, 5.41) is 0. The molecule has 0 heterocycles. The number of sulfonamides is 4. The van der Waals surface area contributed by atoms with E-state index in [1.165, 1.54) is 24.3 Å². The summed E-state index contributed by atoms with van der Waals surface area (Å²) >= 11 is 0. The van der Waals surface area contributed by atoms with Crippen molar-refractivity contribution in [1.82, 2.24) is 7.42 Å². The third kappa shape index (κ3) is 5.99. The Morgan fingerprint density at radius 3 is 1.38 bits per heavy atom. The largest absolute Gasteiger partial charge is 0.224 e. The van der Waals surface area contributed by atoms with Gasteiger partial charge in [-0.3, -0.25) is 0 Å². The Morgan fingerprint density at radius 2 is 1.08 bits per heavy atom. The van der Waals surface area contributed by atoms with Crippen molar-refractivity contribution in [2.75, 3.05) is 31.6 Å². The van der Waals surface area contributed by atoms with Gasteiger partial charge < -0.3 is 0 Å². The minimum absolute atomic E-state index is 0.0705. The average Bonchev–Trinajstić information content (AvgIpc) is 2.38. The Labute approximate surface area is 154 Å². The van der Waals surface area contributed by atoms with Crippen LogP contribution in [-0.4, -0.2) is 72.7 Å². The highest BCUT2D eigenvalue weighted by Crippen LogP contribution is 2.28. The summed E-state index contributed by atoms with van der Waals surface area (Å²) in [7, 11) is -17.4. The van der Waals surface area contributed by atoms with Crippen molar-refractivity contribution in [2.24, 2.45) is 0 Å². The van der Waals surface area contributed by atoms with Gasteiger partial charge in [0.15, 0.2) is 0 Å². The van der Waals surface area contributed by atoms with Gasteiger partial charge in [0.1, 0.15) is 0 Å². The summed E-state index contributed by atoms with van der Waals surface area (Å²) in [6.07, 6.45) is 2.52. The number of nitrogens with zero attached hydrogens (tertiary/aromatic N) is 2. The number of rotatable bonds is 8. The van der Waals surface area contributed by atoms with Crippen molar-refractivity contribution in [3.05, 3.63) is 35.9 Å². The highest BCUT2D eigenvalue weighted by molar-refractivity contribution is 8.04. The van der Waals surface area contributed by atoms with Crippen molar-refractivity contribution < 1.29 is 33.7 Å². The molecule has 0 amide bonds. The second-order valence-corrected chi connectivity index (χ2v) is 13.7. The molecule has 150 valence electrons. The summed E-state index contributed by atoms with van der Waals surface area (Å²) in [4.78, 5) is 0. The Hall–Kier alpha value is -1.06. The van der Waals surface area contributed by atoms with Crippen LogP contribution in [0.1, 0.15) is 11.6 Å². The Bertz CT molecular complexity index is 997. The Balaban J connectivity index is 3.73. The average molecular weight is 449 g/mol. The molecule has 10 nitrogen and oxygen atoms in total. The smallest absolute Gasteiger partial charge is 0.212 e. The van der Waals surface area contributed by atoms with E-state index in [0.29, 0.717) is 25.0 Å². The van der Waals surface area contributed by atoms with Gasteiger partial charge in [0.2, 0.25) is 40.1 Å². The SMILES string of the molecule is CS(=O)(=O)N(C[C@@H](c1ccccc1)N(S(C)(=O)=O)S(C)(=O)=O)S(C)(=O)=O. The molecular formula is C12H20N2O8S4. The highest BCUT2D eigenvalue weighted by atomic mass is 32.3. The lowest BCUT2D eigenvalue weighted by Crippen LogP contribution is -2.46. The lowest BCUT2D eigenvalue weighted by atomic mass is 10.1. The number of benzene rings is 1. The fourth-order valence-electron chi connectivity index (χ4n) is 2.34. The van der Waals surface area contributed by atoms with Gasteiger partial charge >= 0.3 is 0 Å². The molecule has 0 N–H and O–H groups in total. The molecular weight excluding hydrogens is 428 g/mol. The van der Waals surface area contributed by atoms with Crippen LogP contribution in [0.2, 0.25) is 0 Å². The second kappa shape index (κ2) is 7.52. The highest BCUT2D eigenvalue weighted by Gasteiger charge is 2.40. The molecule has 0 unspecified atom stereocenters. The molecule has 0 spiro atoms. The van der Waals surface area contributed by atoms with E-state index in [0.717, 1.165) is 0 Å². The molecule has 0 saturated carbocycles. The molecule has 0 radical (unpaired) electrons. The monoisotopic (exact) mass is 448 g/mol. The van der Waals surface area contributed by atoms with Gasteiger partial charge in [-0.05, 0) is 5.56 Å². The topological polar surface area (TPSA) is 143 Å².